The standard InChI is InChI=1S/C12H20N2S/c1-2-9-4-3-5-10(6-9)12-14-8-11(7-13)15-12/h8-10H,2-7,13H2,1H3. The van der Waals surface area contributed by atoms with Crippen molar-refractivity contribution in [1.29, 1.82) is 0 Å². The van der Waals surface area contributed by atoms with Crippen LogP contribution in [0, 0.1) is 5.92 Å². The number of thiazole rings is 1. The Hall–Kier alpha value is -0.410. The molecule has 0 saturated heterocycles. The van der Waals surface area contributed by atoms with E-state index in [1.807, 2.05) is 17.5 Å². The Morgan fingerprint density at radius 2 is 2.40 bits per heavy atom. The lowest BCUT2D eigenvalue weighted by Crippen LogP contribution is -2.13. The van der Waals surface area contributed by atoms with Gasteiger partial charge in [0.15, 0.2) is 0 Å². The van der Waals surface area contributed by atoms with Gasteiger partial charge in [-0.25, -0.2) is 4.98 Å². The molecular weight excluding hydrogens is 204 g/mol. The molecule has 0 radical (unpaired) electrons. The molecular formula is C12H20N2S. The van der Waals surface area contributed by atoms with Crippen LogP contribution in [-0.2, 0) is 6.54 Å². The fourth-order valence-corrected chi connectivity index (χ4v) is 3.44. The minimum absolute atomic E-state index is 0.640. The Kier molecular flexibility index (Phi) is 3.76. The molecule has 1 aliphatic carbocycles. The van der Waals surface area contributed by atoms with Crippen molar-refractivity contribution in [3.63, 3.8) is 0 Å². The normalized spacial score (nSPS) is 26.8. The molecule has 1 aromatic heterocycles. The van der Waals surface area contributed by atoms with E-state index in [0.29, 0.717) is 12.5 Å². The predicted octanol–water partition coefficient (Wildman–Crippen LogP) is 3.29. The maximum atomic E-state index is 5.62. The molecule has 2 atom stereocenters. The van der Waals surface area contributed by atoms with Crippen molar-refractivity contribution in [1.82, 2.24) is 4.98 Å². The second-order valence-corrected chi connectivity index (χ2v) is 5.65. The maximum absolute atomic E-state index is 5.62. The van der Waals surface area contributed by atoms with E-state index < -0.39 is 0 Å². The molecule has 84 valence electrons. The monoisotopic (exact) mass is 224 g/mol. The Morgan fingerprint density at radius 1 is 1.53 bits per heavy atom. The zero-order valence-electron chi connectivity index (χ0n) is 9.41. The van der Waals surface area contributed by atoms with Gasteiger partial charge in [0.05, 0.1) is 5.01 Å². The molecule has 0 amide bonds. The van der Waals surface area contributed by atoms with E-state index in [9.17, 15) is 0 Å². The number of hydrogen-bond acceptors (Lipinski definition) is 3. The van der Waals surface area contributed by atoms with Gasteiger partial charge < -0.3 is 5.73 Å². The number of aromatic nitrogens is 1. The maximum Gasteiger partial charge on any atom is 0.0959 e. The first-order chi connectivity index (χ1) is 7.33. The first-order valence-electron chi connectivity index (χ1n) is 5.98. The van der Waals surface area contributed by atoms with Gasteiger partial charge in [-0.05, 0) is 18.8 Å². The molecule has 1 heterocycles. The van der Waals surface area contributed by atoms with Gasteiger partial charge in [-0.2, -0.15) is 0 Å². The average molecular weight is 224 g/mol. The van der Waals surface area contributed by atoms with Crippen LogP contribution in [0.3, 0.4) is 0 Å². The van der Waals surface area contributed by atoms with E-state index >= 15 is 0 Å². The highest BCUT2D eigenvalue weighted by molar-refractivity contribution is 7.11. The van der Waals surface area contributed by atoms with Crippen LogP contribution >= 0.6 is 11.3 Å². The van der Waals surface area contributed by atoms with E-state index in [1.165, 1.54) is 42.0 Å². The van der Waals surface area contributed by atoms with Crippen LogP contribution in [0.2, 0.25) is 0 Å². The van der Waals surface area contributed by atoms with Gasteiger partial charge >= 0.3 is 0 Å². The van der Waals surface area contributed by atoms with Crippen molar-refractivity contribution in [2.75, 3.05) is 0 Å². The van der Waals surface area contributed by atoms with E-state index in [-0.39, 0.29) is 0 Å². The summed E-state index contributed by atoms with van der Waals surface area (Å²) in [5.74, 6) is 1.64. The molecule has 0 aromatic carbocycles. The average Bonchev–Trinajstić information content (AvgIpc) is 2.78. The molecule has 0 spiro atoms. The van der Waals surface area contributed by atoms with Crippen LogP contribution in [0.4, 0.5) is 0 Å². The zero-order chi connectivity index (χ0) is 10.7. The van der Waals surface area contributed by atoms with E-state index in [0.717, 1.165) is 5.92 Å². The number of hydrogen-bond donors (Lipinski definition) is 1. The highest BCUT2D eigenvalue weighted by Crippen LogP contribution is 2.38. The quantitative estimate of drug-likeness (QED) is 0.855. The van der Waals surface area contributed by atoms with E-state index in [4.69, 9.17) is 5.73 Å². The van der Waals surface area contributed by atoms with E-state index in [1.54, 1.807) is 0 Å². The third-order valence-electron chi connectivity index (χ3n) is 3.48. The summed E-state index contributed by atoms with van der Waals surface area (Å²) >= 11 is 1.82. The van der Waals surface area contributed by atoms with Crippen molar-refractivity contribution in [3.8, 4) is 0 Å². The lowest BCUT2D eigenvalue weighted by atomic mass is 9.80. The summed E-state index contributed by atoms with van der Waals surface area (Å²) in [7, 11) is 0. The Bertz CT molecular complexity index is 308. The van der Waals surface area contributed by atoms with Gasteiger partial charge in [0.25, 0.3) is 0 Å². The number of nitrogens with zero attached hydrogens (tertiary/aromatic N) is 1. The molecule has 3 heteroatoms. The Balaban J connectivity index is 2.03. The van der Waals surface area contributed by atoms with Gasteiger partial charge in [-0.15, -0.1) is 11.3 Å². The summed E-state index contributed by atoms with van der Waals surface area (Å²) in [5.41, 5.74) is 5.62. The van der Waals surface area contributed by atoms with Crippen LogP contribution in [0.25, 0.3) is 0 Å². The van der Waals surface area contributed by atoms with Crippen molar-refractivity contribution in [2.45, 2.75) is 51.5 Å². The first-order valence-corrected chi connectivity index (χ1v) is 6.79. The molecule has 1 aliphatic rings. The lowest BCUT2D eigenvalue weighted by Gasteiger charge is -2.26. The summed E-state index contributed by atoms with van der Waals surface area (Å²) in [6, 6.07) is 0. The largest absolute Gasteiger partial charge is 0.326 e. The highest BCUT2D eigenvalue weighted by Gasteiger charge is 2.24. The molecule has 2 unspecified atom stereocenters. The van der Waals surface area contributed by atoms with Gasteiger partial charge in [0.2, 0.25) is 0 Å². The number of rotatable bonds is 3. The molecule has 1 fully saturated rings. The lowest BCUT2D eigenvalue weighted by molar-refractivity contribution is 0.314. The fourth-order valence-electron chi connectivity index (χ4n) is 2.49. The minimum Gasteiger partial charge on any atom is -0.326 e. The van der Waals surface area contributed by atoms with Gasteiger partial charge in [-0.1, -0.05) is 26.2 Å². The Morgan fingerprint density at radius 3 is 3.07 bits per heavy atom. The molecule has 2 nitrogen and oxygen atoms in total. The van der Waals surface area contributed by atoms with Crippen LogP contribution in [0.1, 0.15) is 54.8 Å². The fraction of sp³-hybridized carbons (Fsp3) is 0.750. The van der Waals surface area contributed by atoms with E-state index in [2.05, 4.69) is 11.9 Å². The summed E-state index contributed by atoms with van der Waals surface area (Å²) < 4.78 is 0. The molecule has 2 N–H and O–H groups in total. The molecule has 2 rings (SSSR count). The highest BCUT2D eigenvalue weighted by atomic mass is 32.1. The molecule has 1 saturated carbocycles. The Labute approximate surface area is 95.9 Å². The van der Waals surface area contributed by atoms with Crippen LogP contribution < -0.4 is 5.73 Å². The van der Waals surface area contributed by atoms with Crippen molar-refractivity contribution < 1.29 is 0 Å². The summed E-state index contributed by atoms with van der Waals surface area (Å²) in [5, 5.41) is 1.33. The van der Waals surface area contributed by atoms with Crippen LogP contribution in [0.5, 0.6) is 0 Å². The first kappa shape index (κ1) is 11.1. The summed E-state index contributed by atoms with van der Waals surface area (Å²) in [6.07, 6.45) is 8.74. The zero-order valence-corrected chi connectivity index (χ0v) is 10.2. The predicted molar refractivity (Wildman–Crippen MR) is 65.0 cm³/mol. The smallest absolute Gasteiger partial charge is 0.0959 e. The van der Waals surface area contributed by atoms with Crippen molar-refractivity contribution >= 4 is 11.3 Å². The van der Waals surface area contributed by atoms with Crippen molar-refractivity contribution in [2.24, 2.45) is 11.7 Å². The molecule has 0 aliphatic heterocycles. The van der Waals surface area contributed by atoms with Crippen LogP contribution in [-0.4, -0.2) is 4.98 Å². The minimum atomic E-state index is 0.640. The summed E-state index contributed by atoms with van der Waals surface area (Å²) in [4.78, 5) is 5.74. The third-order valence-corrected chi connectivity index (χ3v) is 4.66. The number of nitrogens with two attached hydrogens (primary N) is 1. The topological polar surface area (TPSA) is 38.9 Å². The molecule has 0 bridgehead atoms. The van der Waals surface area contributed by atoms with Crippen molar-refractivity contribution in [3.05, 3.63) is 16.1 Å². The van der Waals surface area contributed by atoms with Gasteiger partial charge in [-0.3, -0.25) is 0 Å². The van der Waals surface area contributed by atoms with Gasteiger partial charge in [0.1, 0.15) is 0 Å². The SMILES string of the molecule is CCC1CCCC(c2ncc(CN)s2)C1. The third kappa shape index (κ3) is 2.58. The second-order valence-electron chi connectivity index (χ2n) is 4.51. The molecule has 15 heavy (non-hydrogen) atoms. The summed E-state index contributed by atoms with van der Waals surface area (Å²) in [6.45, 7) is 2.95. The molecule has 1 aromatic rings. The second kappa shape index (κ2) is 5.08. The van der Waals surface area contributed by atoms with Gasteiger partial charge in [0, 0.05) is 23.5 Å². The van der Waals surface area contributed by atoms with Crippen LogP contribution in [0.15, 0.2) is 6.20 Å².